The summed E-state index contributed by atoms with van der Waals surface area (Å²) in [6.07, 6.45) is 0. The summed E-state index contributed by atoms with van der Waals surface area (Å²) in [6, 6.07) is 113. The molecule has 0 bridgehead atoms. The summed E-state index contributed by atoms with van der Waals surface area (Å²) in [5.74, 6) is 0. The molecule has 0 amide bonds. The molecular weight excluding hydrogens is 919 g/mol. The van der Waals surface area contributed by atoms with Gasteiger partial charge in [0.25, 0.3) is 0 Å². The van der Waals surface area contributed by atoms with E-state index in [2.05, 4.69) is 337 Å². The van der Waals surface area contributed by atoms with Gasteiger partial charge < -0.3 is 14.7 Å². The van der Waals surface area contributed by atoms with Gasteiger partial charge in [-0.3, -0.25) is 0 Å². The molecule has 0 aliphatic carbocycles. The van der Waals surface area contributed by atoms with E-state index in [1.54, 1.807) is 0 Å². The standard InChI is InChI=1S/C73H55N3/c1-74(66-46-38-62(39-47-66)58-30-22-54(23-31-58)56-26-34-60(35-27-56)64-42-50-72(51-43-64)75(68-14-6-2-7-15-68)69-16-8-3-9-17-69)67-48-40-63(41-49-67)59-32-24-55(25-33-59)57-28-36-61(37-29-57)65-44-52-73(53-45-65)76(70-18-10-4-11-19-70)71-20-12-5-13-21-71/h2-53H,1H3. The monoisotopic (exact) mass is 973 g/mol. The maximum absolute atomic E-state index is 2.29. The van der Waals surface area contributed by atoms with E-state index in [-0.39, 0.29) is 0 Å². The molecule has 3 nitrogen and oxygen atoms in total. The third-order valence-corrected chi connectivity index (χ3v) is 14.4. The molecule has 0 aliphatic heterocycles. The summed E-state index contributed by atoms with van der Waals surface area (Å²) < 4.78 is 0. The van der Waals surface area contributed by atoms with Gasteiger partial charge in [-0.1, -0.05) is 218 Å². The van der Waals surface area contributed by atoms with Gasteiger partial charge in [0, 0.05) is 52.5 Å². The van der Waals surface area contributed by atoms with Gasteiger partial charge in [-0.15, -0.1) is 0 Å². The second-order valence-corrected chi connectivity index (χ2v) is 19.1. The van der Waals surface area contributed by atoms with Crippen LogP contribution in [-0.2, 0) is 0 Å². The van der Waals surface area contributed by atoms with Crippen LogP contribution in [0.4, 0.5) is 45.5 Å². The van der Waals surface area contributed by atoms with E-state index in [0.29, 0.717) is 0 Å². The van der Waals surface area contributed by atoms with Crippen LogP contribution in [0.1, 0.15) is 0 Å². The molecule has 0 heterocycles. The molecule has 0 atom stereocenters. The van der Waals surface area contributed by atoms with Crippen LogP contribution in [0.15, 0.2) is 315 Å². The molecule has 0 N–H and O–H groups in total. The Labute approximate surface area is 447 Å². The predicted molar refractivity (Wildman–Crippen MR) is 323 cm³/mol. The molecule has 362 valence electrons. The lowest BCUT2D eigenvalue weighted by Gasteiger charge is -2.25. The Kier molecular flexibility index (Phi) is 13.4. The Morgan fingerprint density at radius 2 is 0.276 bits per heavy atom. The van der Waals surface area contributed by atoms with Crippen molar-refractivity contribution in [1.82, 2.24) is 0 Å². The Balaban J connectivity index is 0.657. The number of anilines is 8. The molecule has 12 rings (SSSR count). The van der Waals surface area contributed by atoms with Crippen molar-refractivity contribution in [3.8, 4) is 66.8 Å². The van der Waals surface area contributed by atoms with Crippen LogP contribution < -0.4 is 14.7 Å². The zero-order valence-electron chi connectivity index (χ0n) is 42.4. The minimum atomic E-state index is 1.12. The minimum Gasteiger partial charge on any atom is -0.345 e. The molecule has 0 aliphatic rings. The van der Waals surface area contributed by atoms with Gasteiger partial charge in [-0.2, -0.15) is 0 Å². The molecule has 0 radical (unpaired) electrons. The van der Waals surface area contributed by atoms with Gasteiger partial charge in [0.1, 0.15) is 0 Å². The molecule has 76 heavy (non-hydrogen) atoms. The second-order valence-electron chi connectivity index (χ2n) is 19.1. The largest absolute Gasteiger partial charge is 0.345 e. The number of rotatable bonds is 14. The SMILES string of the molecule is CN(c1ccc(-c2ccc(-c3ccc(-c4ccc(N(c5ccccc5)c5ccccc5)cc4)cc3)cc2)cc1)c1ccc(-c2ccc(-c3ccc(-c4ccc(N(c5ccccc5)c5ccccc5)cc4)cc3)cc2)cc1. The molecule has 0 spiro atoms. The number of hydrogen-bond acceptors (Lipinski definition) is 3. The lowest BCUT2D eigenvalue weighted by Crippen LogP contribution is -2.09. The molecule has 0 saturated carbocycles. The third-order valence-electron chi connectivity index (χ3n) is 14.4. The van der Waals surface area contributed by atoms with Crippen molar-refractivity contribution in [3.63, 3.8) is 0 Å². The average Bonchev–Trinajstić information content (AvgIpc) is 3.52. The van der Waals surface area contributed by atoms with Crippen LogP contribution in [0, 0.1) is 0 Å². The van der Waals surface area contributed by atoms with Crippen molar-refractivity contribution < 1.29 is 0 Å². The van der Waals surface area contributed by atoms with Crippen molar-refractivity contribution >= 4 is 45.5 Å². The van der Waals surface area contributed by atoms with Crippen molar-refractivity contribution in [2.24, 2.45) is 0 Å². The Morgan fingerprint density at radius 1 is 0.145 bits per heavy atom. The van der Waals surface area contributed by atoms with Gasteiger partial charge >= 0.3 is 0 Å². The quantitative estimate of drug-likeness (QED) is 0.108. The van der Waals surface area contributed by atoms with Crippen LogP contribution in [0.2, 0.25) is 0 Å². The van der Waals surface area contributed by atoms with Gasteiger partial charge in [-0.05, 0) is 164 Å². The van der Waals surface area contributed by atoms with E-state index in [1.165, 1.54) is 66.8 Å². The topological polar surface area (TPSA) is 9.72 Å². The van der Waals surface area contributed by atoms with E-state index in [9.17, 15) is 0 Å². The Morgan fingerprint density at radius 3 is 0.447 bits per heavy atom. The van der Waals surface area contributed by atoms with Crippen LogP contribution >= 0.6 is 0 Å². The van der Waals surface area contributed by atoms with Crippen molar-refractivity contribution in [2.45, 2.75) is 0 Å². The molecule has 0 unspecified atom stereocenters. The third kappa shape index (κ3) is 10.2. The van der Waals surface area contributed by atoms with E-state index >= 15 is 0 Å². The first kappa shape index (κ1) is 47.1. The fourth-order valence-electron chi connectivity index (χ4n) is 10.1. The Hall–Kier alpha value is -9.96. The summed E-state index contributed by atoms with van der Waals surface area (Å²) in [5.41, 5.74) is 23.4. The smallest absolute Gasteiger partial charge is 0.0462 e. The lowest BCUT2D eigenvalue weighted by molar-refractivity contribution is 1.21. The summed E-state index contributed by atoms with van der Waals surface area (Å²) in [5, 5.41) is 0. The molecule has 0 fully saturated rings. The molecule has 0 aromatic heterocycles. The first-order valence-electron chi connectivity index (χ1n) is 25.9. The number of hydrogen-bond donors (Lipinski definition) is 0. The normalized spacial score (nSPS) is 11.0. The molecule has 12 aromatic carbocycles. The average molecular weight is 974 g/mol. The highest BCUT2D eigenvalue weighted by Gasteiger charge is 2.15. The van der Waals surface area contributed by atoms with E-state index < -0.39 is 0 Å². The van der Waals surface area contributed by atoms with E-state index in [4.69, 9.17) is 0 Å². The van der Waals surface area contributed by atoms with Gasteiger partial charge in [-0.25, -0.2) is 0 Å². The fraction of sp³-hybridized carbons (Fsp3) is 0.0137. The maximum atomic E-state index is 2.29. The Bertz CT molecular complexity index is 3430. The molecule has 12 aromatic rings. The van der Waals surface area contributed by atoms with Crippen molar-refractivity contribution in [2.75, 3.05) is 21.7 Å². The van der Waals surface area contributed by atoms with E-state index in [0.717, 1.165) is 45.5 Å². The van der Waals surface area contributed by atoms with Crippen molar-refractivity contribution in [1.29, 1.82) is 0 Å². The number of nitrogens with zero attached hydrogens (tertiary/aromatic N) is 3. The van der Waals surface area contributed by atoms with E-state index in [1.807, 2.05) is 0 Å². The zero-order valence-corrected chi connectivity index (χ0v) is 42.4. The van der Waals surface area contributed by atoms with Crippen LogP contribution in [0.25, 0.3) is 66.8 Å². The summed E-state index contributed by atoms with van der Waals surface area (Å²) in [7, 11) is 2.13. The summed E-state index contributed by atoms with van der Waals surface area (Å²) >= 11 is 0. The predicted octanol–water partition coefficient (Wildman–Crippen LogP) is 20.4. The minimum absolute atomic E-state index is 1.12. The maximum Gasteiger partial charge on any atom is 0.0462 e. The number of benzene rings is 12. The first-order valence-corrected chi connectivity index (χ1v) is 25.9. The summed E-state index contributed by atoms with van der Waals surface area (Å²) in [6.45, 7) is 0. The molecular formula is C73H55N3. The van der Waals surface area contributed by atoms with Gasteiger partial charge in [0.2, 0.25) is 0 Å². The van der Waals surface area contributed by atoms with Crippen molar-refractivity contribution in [3.05, 3.63) is 315 Å². The second kappa shape index (κ2) is 21.6. The molecule has 3 heteroatoms. The highest BCUT2D eigenvalue weighted by Crippen LogP contribution is 2.39. The highest BCUT2D eigenvalue weighted by molar-refractivity contribution is 5.82. The highest BCUT2D eigenvalue weighted by atomic mass is 15.1. The summed E-state index contributed by atoms with van der Waals surface area (Å²) in [4.78, 5) is 6.82. The fourth-order valence-corrected chi connectivity index (χ4v) is 10.1. The zero-order chi connectivity index (χ0) is 51.0. The van der Waals surface area contributed by atoms with Crippen LogP contribution in [-0.4, -0.2) is 7.05 Å². The van der Waals surface area contributed by atoms with Crippen LogP contribution in [0.5, 0.6) is 0 Å². The number of para-hydroxylation sites is 4. The molecule has 0 saturated heterocycles. The lowest BCUT2D eigenvalue weighted by atomic mass is 9.97. The van der Waals surface area contributed by atoms with Gasteiger partial charge in [0.15, 0.2) is 0 Å². The van der Waals surface area contributed by atoms with Crippen LogP contribution in [0.3, 0.4) is 0 Å². The van der Waals surface area contributed by atoms with Gasteiger partial charge in [0.05, 0.1) is 0 Å². The first-order chi connectivity index (χ1) is 37.6.